The fourth-order valence-corrected chi connectivity index (χ4v) is 3.63. The van der Waals surface area contributed by atoms with Crippen LogP contribution in [0.2, 0.25) is 0 Å². The van der Waals surface area contributed by atoms with Crippen LogP contribution in [0, 0.1) is 11.8 Å². The quantitative estimate of drug-likeness (QED) is 0.795. The number of hydrogen-bond acceptors (Lipinski definition) is 3. The summed E-state index contributed by atoms with van der Waals surface area (Å²) in [5.41, 5.74) is 1.08. The second-order valence-corrected chi connectivity index (χ2v) is 6.06. The Bertz CT molecular complexity index is 576. The Morgan fingerprint density at radius 1 is 1.11 bits per heavy atom. The molecule has 1 aromatic rings. The van der Waals surface area contributed by atoms with Gasteiger partial charge in [-0.15, -0.1) is 0 Å². The molecule has 0 bridgehead atoms. The molecule has 0 aromatic heterocycles. The van der Waals surface area contributed by atoms with E-state index >= 15 is 0 Å². The number of nitrogens with one attached hydrogen (secondary N) is 1. The third-order valence-corrected chi connectivity index (χ3v) is 4.72. The number of hydrogen-bond donors (Lipinski definition) is 1. The number of nitrogens with zero attached hydrogens (tertiary/aromatic N) is 1. The minimum atomic E-state index is -0.129. The van der Waals surface area contributed by atoms with Crippen LogP contribution in [0.5, 0.6) is 0 Å². The van der Waals surface area contributed by atoms with E-state index in [2.05, 4.69) is 21.2 Å². The first-order valence-electron chi connectivity index (χ1n) is 6.06. The SMILES string of the molecule is O=C1c2ccc(Br)cc2C(=O)N1C1C2CNCC21. The van der Waals surface area contributed by atoms with E-state index in [-0.39, 0.29) is 17.9 Å². The maximum atomic E-state index is 12.3. The van der Waals surface area contributed by atoms with Crippen molar-refractivity contribution in [1.29, 1.82) is 0 Å². The third-order valence-electron chi connectivity index (χ3n) is 4.22. The van der Waals surface area contributed by atoms with E-state index in [0.717, 1.165) is 17.6 Å². The normalized spacial score (nSPS) is 32.7. The predicted octanol–water partition coefficient (Wildman–Crippen LogP) is 1.26. The second kappa shape index (κ2) is 3.42. The molecule has 4 rings (SSSR count). The first-order valence-corrected chi connectivity index (χ1v) is 6.86. The Morgan fingerprint density at radius 2 is 1.78 bits per heavy atom. The lowest BCUT2D eigenvalue weighted by Crippen LogP contribution is -2.37. The van der Waals surface area contributed by atoms with Crippen molar-refractivity contribution < 1.29 is 9.59 Å². The summed E-state index contributed by atoms with van der Waals surface area (Å²) in [6, 6.07) is 5.41. The van der Waals surface area contributed by atoms with Gasteiger partial charge in [0, 0.05) is 23.6 Å². The molecule has 3 aliphatic rings. The van der Waals surface area contributed by atoms with Crippen LogP contribution >= 0.6 is 15.9 Å². The van der Waals surface area contributed by atoms with E-state index < -0.39 is 0 Å². The third kappa shape index (κ3) is 1.23. The molecule has 1 saturated carbocycles. The molecule has 2 aliphatic heterocycles. The lowest BCUT2D eigenvalue weighted by atomic mass is 10.1. The number of rotatable bonds is 1. The van der Waals surface area contributed by atoms with Crippen LogP contribution in [0.15, 0.2) is 22.7 Å². The van der Waals surface area contributed by atoms with Gasteiger partial charge in [-0.05, 0) is 30.0 Å². The van der Waals surface area contributed by atoms with Crippen molar-refractivity contribution in [2.75, 3.05) is 13.1 Å². The van der Waals surface area contributed by atoms with E-state index in [1.54, 1.807) is 12.1 Å². The summed E-state index contributed by atoms with van der Waals surface area (Å²) >= 11 is 3.34. The number of halogens is 1. The molecule has 1 aliphatic carbocycles. The second-order valence-electron chi connectivity index (χ2n) is 5.15. The zero-order valence-corrected chi connectivity index (χ0v) is 11.1. The summed E-state index contributed by atoms with van der Waals surface area (Å²) in [6.07, 6.45) is 0. The molecule has 1 saturated heterocycles. The molecular formula is C13H11BrN2O2. The lowest BCUT2D eigenvalue weighted by Gasteiger charge is -2.16. The minimum absolute atomic E-state index is 0.123. The van der Waals surface area contributed by atoms with Crippen LogP contribution < -0.4 is 5.32 Å². The number of imide groups is 1. The maximum absolute atomic E-state index is 12.3. The number of benzene rings is 1. The van der Waals surface area contributed by atoms with Gasteiger partial charge in [-0.25, -0.2) is 0 Å². The van der Waals surface area contributed by atoms with Gasteiger partial charge in [-0.2, -0.15) is 0 Å². The summed E-state index contributed by atoms with van der Waals surface area (Å²) in [5.74, 6) is 0.684. The maximum Gasteiger partial charge on any atom is 0.261 e. The number of fused-ring (bicyclic) bond motifs is 2. The van der Waals surface area contributed by atoms with Gasteiger partial charge in [0.2, 0.25) is 0 Å². The van der Waals surface area contributed by atoms with Gasteiger partial charge >= 0.3 is 0 Å². The number of piperidine rings is 1. The smallest absolute Gasteiger partial charge is 0.261 e. The molecule has 92 valence electrons. The fourth-order valence-electron chi connectivity index (χ4n) is 3.27. The molecule has 2 heterocycles. The van der Waals surface area contributed by atoms with Crippen LogP contribution in [-0.2, 0) is 0 Å². The Labute approximate surface area is 112 Å². The highest BCUT2D eigenvalue weighted by Gasteiger charge is 2.60. The minimum Gasteiger partial charge on any atom is -0.316 e. The van der Waals surface area contributed by atoms with Crippen molar-refractivity contribution in [2.24, 2.45) is 11.8 Å². The van der Waals surface area contributed by atoms with Crippen LogP contribution in [-0.4, -0.2) is 35.8 Å². The first-order chi connectivity index (χ1) is 8.68. The van der Waals surface area contributed by atoms with Gasteiger partial charge < -0.3 is 5.32 Å². The van der Waals surface area contributed by atoms with Crippen LogP contribution in [0.3, 0.4) is 0 Å². The molecule has 0 spiro atoms. The van der Waals surface area contributed by atoms with Crippen molar-refractivity contribution in [3.8, 4) is 0 Å². The van der Waals surface area contributed by atoms with Crippen molar-refractivity contribution in [3.63, 3.8) is 0 Å². The summed E-state index contributed by atoms with van der Waals surface area (Å²) in [7, 11) is 0. The van der Waals surface area contributed by atoms with Crippen LogP contribution in [0.25, 0.3) is 0 Å². The molecule has 2 unspecified atom stereocenters. The molecule has 0 radical (unpaired) electrons. The average molecular weight is 307 g/mol. The molecule has 5 heteroatoms. The van der Waals surface area contributed by atoms with Crippen molar-refractivity contribution in [1.82, 2.24) is 10.2 Å². The van der Waals surface area contributed by atoms with Gasteiger partial charge in [0.15, 0.2) is 0 Å². The standard InChI is InChI=1S/C13H11BrN2O2/c14-6-1-2-7-8(3-6)13(18)16(12(7)17)11-9-4-15-5-10(9)11/h1-3,9-11,15H,4-5H2. The predicted molar refractivity (Wildman–Crippen MR) is 68.3 cm³/mol. The topological polar surface area (TPSA) is 49.4 Å². The summed E-state index contributed by atoms with van der Waals surface area (Å²) in [6.45, 7) is 1.85. The van der Waals surface area contributed by atoms with E-state index in [4.69, 9.17) is 0 Å². The summed E-state index contributed by atoms with van der Waals surface area (Å²) in [4.78, 5) is 26.1. The van der Waals surface area contributed by atoms with Gasteiger partial charge in [0.05, 0.1) is 11.1 Å². The van der Waals surface area contributed by atoms with Gasteiger partial charge in [-0.1, -0.05) is 15.9 Å². The van der Waals surface area contributed by atoms with Gasteiger partial charge in [0.1, 0.15) is 0 Å². The van der Waals surface area contributed by atoms with Crippen LogP contribution in [0.4, 0.5) is 0 Å². The van der Waals surface area contributed by atoms with E-state index in [1.807, 2.05) is 6.07 Å². The molecule has 4 nitrogen and oxygen atoms in total. The summed E-state index contributed by atoms with van der Waals surface area (Å²) in [5, 5.41) is 3.28. The zero-order chi connectivity index (χ0) is 12.4. The van der Waals surface area contributed by atoms with Gasteiger partial charge in [0.25, 0.3) is 11.8 Å². The highest BCUT2D eigenvalue weighted by molar-refractivity contribution is 9.10. The Balaban J connectivity index is 1.73. The van der Waals surface area contributed by atoms with Crippen LogP contribution in [0.1, 0.15) is 20.7 Å². The molecule has 1 N–H and O–H groups in total. The van der Waals surface area contributed by atoms with Crippen molar-refractivity contribution in [2.45, 2.75) is 6.04 Å². The highest BCUT2D eigenvalue weighted by Crippen LogP contribution is 2.48. The van der Waals surface area contributed by atoms with E-state index in [9.17, 15) is 9.59 Å². The van der Waals surface area contributed by atoms with E-state index in [0.29, 0.717) is 23.0 Å². The number of carbonyl (C=O) groups is 2. The lowest BCUT2D eigenvalue weighted by molar-refractivity contribution is 0.0624. The van der Waals surface area contributed by atoms with E-state index in [1.165, 1.54) is 4.90 Å². The molecular weight excluding hydrogens is 296 g/mol. The molecule has 2 fully saturated rings. The van der Waals surface area contributed by atoms with Crippen molar-refractivity contribution >= 4 is 27.7 Å². The van der Waals surface area contributed by atoms with Gasteiger partial charge in [-0.3, -0.25) is 14.5 Å². The first kappa shape index (κ1) is 10.7. The average Bonchev–Trinajstić information content (AvgIpc) is 2.71. The van der Waals surface area contributed by atoms with Crippen molar-refractivity contribution in [3.05, 3.63) is 33.8 Å². The Morgan fingerprint density at radius 3 is 2.50 bits per heavy atom. The molecule has 2 amide bonds. The Kier molecular flexibility index (Phi) is 2.03. The zero-order valence-electron chi connectivity index (χ0n) is 9.52. The highest BCUT2D eigenvalue weighted by atomic mass is 79.9. The largest absolute Gasteiger partial charge is 0.316 e. The molecule has 2 atom stereocenters. The molecule has 18 heavy (non-hydrogen) atoms. The Hall–Kier alpha value is -1.20. The summed E-state index contributed by atoms with van der Waals surface area (Å²) < 4.78 is 0.835. The number of carbonyl (C=O) groups excluding carboxylic acids is 2. The number of amides is 2. The molecule has 1 aromatic carbocycles. The fraction of sp³-hybridized carbons (Fsp3) is 0.385. The monoisotopic (exact) mass is 306 g/mol.